The van der Waals surface area contributed by atoms with E-state index in [2.05, 4.69) is 9.97 Å². The van der Waals surface area contributed by atoms with Crippen molar-refractivity contribution in [2.45, 2.75) is 25.9 Å². The van der Waals surface area contributed by atoms with Crippen molar-refractivity contribution in [2.24, 2.45) is 5.92 Å². The van der Waals surface area contributed by atoms with Crippen LogP contribution in [0.25, 0.3) is 11.3 Å². The first-order valence-electron chi connectivity index (χ1n) is 6.89. The van der Waals surface area contributed by atoms with Crippen LogP contribution in [0.15, 0.2) is 35.1 Å². The highest BCUT2D eigenvalue weighted by Crippen LogP contribution is 2.41. The van der Waals surface area contributed by atoms with Gasteiger partial charge in [-0.3, -0.25) is 4.79 Å². The normalized spacial score (nSPS) is 16.1. The van der Waals surface area contributed by atoms with Crippen molar-refractivity contribution >= 4 is 0 Å². The highest BCUT2D eigenvalue weighted by atomic mass is 16.5. The van der Waals surface area contributed by atoms with Crippen LogP contribution < -0.4 is 5.56 Å². The number of ether oxygens (including phenoxy) is 1. The Morgan fingerprint density at radius 3 is 2.60 bits per heavy atom. The van der Waals surface area contributed by atoms with Crippen LogP contribution in [0.4, 0.5) is 0 Å². The molecule has 0 radical (unpaired) electrons. The molecule has 1 aliphatic carbocycles. The molecule has 0 saturated heterocycles. The number of methoxy groups -OCH3 is 1. The summed E-state index contributed by atoms with van der Waals surface area (Å²) in [5.74, 6) is 1.12. The Hall–Kier alpha value is -1.94. The van der Waals surface area contributed by atoms with Crippen LogP contribution in [-0.2, 0) is 4.74 Å². The van der Waals surface area contributed by atoms with Gasteiger partial charge >= 0.3 is 0 Å². The van der Waals surface area contributed by atoms with Crippen molar-refractivity contribution in [3.05, 3.63) is 52.1 Å². The van der Waals surface area contributed by atoms with E-state index < -0.39 is 0 Å². The lowest BCUT2D eigenvalue weighted by Gasteiger charge is -2.15. The van der Waals surface area contributed by atoms with E-state index in [-0.39, 0.29) is 11.7 Å². The maximum Gasteiger partial charge on any atom is 0.254 e. The molecule has 3 rings (SSSR count). The molecule has 1 N–H and O–H groups in total. The van der Waals surface area contributed by atoms with Gasteiger partial charge in [-0.2, -0.15) is 0 Å². The van der Waals surface area contributed by atoms with E-state index >= 15 is 0 Å². The molecule has 0 spiro atoms. The number of hydrogen-bond acceptors (Lipinski definition) is 3. The number of rotatable bonds is 4. The Kier molecular flexibility index (Phi) is 3.40. The minimum Gasteiger partial charge on any atom is -0.373 e. The van der Waals surface area contributed by atoms with Crippen LogP contribution in [-0.4, -0.2) is 17.1 Å². The minimum atomic E-state index is -0.106. The van der Waals surface area contributed by atoms with Crippen molar-refractivity contribution in [2.75, 3.05) is 7.11 Å². The molecular weight excluding hydrogens is 252 g/mol. The first-order valence-corrected chi connectivity index (χ1v) is 6.89. The van der Waals surface area contributed by atoms with Gasteiger partial charge in [-0.25, -0.2) is 4.98 Å². The Morgan fingerprint density at radius 2 is 2.00 bits per heavy atom. The van der Waals surface area contributed by atoms with Crippen molar-refractivity contribution < 1.29 is 4.74 Å². The van der Waals surface area contributed by atoms with Gasteiger partial charge in [0.25, 0.3) is 5.56 Å². The zero-order valence-electron chi connectivity index (χ0n) is 11.7. The van der Waals surface area contributed by atoms with Crippen LogP contribution in [0, 0.1) is 12.8 Å². The summed E-state index contributed by atoms with van der Waals surface area (Å²) >= 11 is 0. The zero-order valence-corrected chi connectivity index (χ0v) is 11.7. The predicted octanol–water partition coefficient (Wildman–Crippen LogP) is 2.84. The van der Waals surface area contributed by atoms with Crippen LogP contribution in [0.5, 0.6) is 0 Å². The molecule has 1 saturated carbocycles. The van der Waals surface area contributed by atoms with E-state index in [0.29, 0.717) is 17.3 Å². The van der Waals surface area contributed by atoms with Crippen LogP contribution in [0.2, 0.25) is 0 Å². The predicted molar refractivity (Wildman–Crippen MR) is 77.5 cm³/mol. The van der Waals surface area contributed by atoms with Crippen molar-refractivity contribution in [3.63, 3.8) is 0 Å². The number of aromatic amines is 1. The molecule has 1 heterocycles. The molecule has 1 aromatic heterocycles. The molecule has 2 aromatic rings. The molecule has 4 nitrogen and oxygen atoms in total. The van der Waals surface area contributed by atoms with Crippen molar-refractivity contribution in [1.82, 2.24) is 9.97 Å². The van der Waals surface area contributed by atoms with Crippen LogP contribution in [0.1, 0.15) is 30.3 Å². The molecule has 20 heavy (non-hydrogen) atoms. The van der Waals surface area contributed by atoms with E-state index in [1.165, 1.54) is 0 Å². The topological polar surface area (TPSA) is 55.0 Å². The zero-order chi connectivity index (χ0) is 14.1. The van der Waals surface area contributed by atoms with Gasteiger partial charge in [-0.05, 0) is 25.7 Å². The smallest absolute Gasteiger partial charge is 0.254 e. The third-order valence-corrected chi connectivity index (χ3v) is 3.79. The third kappa shape index (κ3) is 2.39. The number of nitrogens with zero attached hydrogens (tertiary/aromatic N) is 1. The second-order valence-electron chi connectivity index (χ2n) is 5.28. The summed E-state index contributed by atoms with van der Waals surface area (Å²) in [6.07, 6.45) is 2.17. The number of nitrogens with one attached hydrogen (secondary N) is 1. The van der Waals surface area contributed by atoms with Crippen LogP contribution >= 0.6 is 0 Å². The minimum absolute atomic E-state index is 0.0865. The average Bonchev–Trinajstić information content (AvgIpc) is 3.29. The molecule has 0 amide bonds. The summed E-state index contributed by atoms with van der Waals surface area (Å²) in [4.78, 5) is 19.7. The van der Waals surface area contributed by atoms with Gasteiger partial charge < -0.3 is 9.72 Å². The van der Waals surface area contributed by atoms with E-state index in [0.717, 1.165) is 24.1 Å². The molecule has 104 valence electrons. The molecule has 1 aromatic carbocycles. The van der Waals surface area contributed by atoms with Gasteiger partial charge in [0.05, 0.1) is 5.69 Å². The van der Waals surface area contributed by atoms with Gasteiger partial charge in [0.2, 0.25) is 0 Å². The monoisotopic (exact) mass is 270 g/mol. The Morgan fingerprint density at radius 1 is 1.30 bits per heavy atom. The lowest BCUT2D eigenvalue weighted by Crippen LogP contribution is -2.20. The Balaban J connectivity index is 2.10. The van der Waals surface area contributed by atoms with E-state index in [9.17, 15) is 4.79 Å². The maximum absolute atomic E-state index is 12.1. The maximum atomic E-state index is 12.1. The lowest BCUT2D eigenvalue weighted by atomic mass is 10.1. The summed E-state index contributed by atoms with van der Waals surface area (Å²) in [6, 6.07) is 9.79. The number of aromatic nitrogens is 2. The molecule has 1 atom stereocenters. The lowest BCUT2D eigenvalue weighted by molar-refractivity contribution is 0.0770. The molecule has 1 unspecified atom stereocenters. The number of H-pyrrole nitrogens is 1. The largest absolute Gasteiger partial charge is 0.373 e. The van der Waals surface area contributed by atoms with Gasteiger partial charge in [-0.15, -0.1) is 0 Å². The molecule has 4 heteroatoms. The second-order valence-corrected chi connectivity index (χ2v) is 5.28. The highest BCUT2D eigenvalue weighted by molar-refractivity contribution is 5.62. The van der Waals surface area contributed by atoms with E-state index in [1.54, 1.807) is 14.0 Å². The Labute approximate surface area is 117 Å². The van der Waals surface area contributed by atoms with Gasteiger partial charge in [0.1, 0.15) is 11.9 Å². The highest BCUT2D eigenvalue weighted by Gasteiger charge is 2.34. The van der Waals surface area contributed by atoms with Crippen LogP contribution in [0.3, 0.4) is 0 Å². The molecular formula is C16H18N2O2. The summed E-state index contributed by atoms with van der Waals surface area (Å²) in [5, 5.41) is 0. The van der Waals surface area contributed by atoms with Crippen molar-refractivity contribution in [1.29, 1.82) is 0 Å². The van der Waals surface area contributed by atoms with Crippen molar-refractivity contribution in [3.8, 4) is 11.3 Å². The fourth-order valence-corrected chi connectivity index (χ4v) is 2.49. The van der Waals surface area contributed by atoms with Gasteiger partial charge in [0, 0.05) is 18.2 Å². The number of hydrogen-bond donors (Lipinski definition) is 1. The summed E-state index contributed by atoms with van der Waals surface area (Å²) < 4.78 is 5.51. The van der Waals surface area contributed by atoms with Gasteiger partial charge in [0.15, 0.2) is 0 Å². The fraction of sp³-hybridized carbons (Fsp3) is 0.375. The number of benzene rings is 1. The van der Waals surface area contributed by atoms with Gasteiger partial charge in [-0.1, -0.05) is 30.3 Å². The first-order chi connectivity index (χ1) is 9.70. The second kappa shape index (κ2) is 5.21. The SMILES string of the molecule is COC(c1nc(-c2ccccc2)c(C)c(=O)[nH]1)C1CC1. The summed E-state index contributed by atoms with van der Waals surface area (Å²) in [7, 11) is 1.67. The standard InChI is InChI=1S/C16H18N2O2/c1-10-13(11-6-4-3-5-7-11)17-15(18-16(10)19)14(20-2)12-8-9-12/h3-7,12,14H,8-9H2,1-2H3,(H,17,18,19). The average molecular weight is 270 g/mol. The summed E-state index contributed by atoms with van der Waals surface area (Å²) in [5.41, 5.74) is 2.26. The molecule has 1 fully saturated rings. The molecule has 0 bridgehead atoms. The molecule has 0 aliphatic heterocycles. The van der Waals surface area contributed by atoms with E-state index in [1.807, 2.05) is 30.3 Å². The first kappa shape index (κ1) is 13.1. The Bertz CT molecular complexity index is 660. The van der Waals surface area contributed by atoms with E-state index in [4.69, 9.17) is 4.74 Å². The third-order valence-electron chi connectivity index (χ3n) is 3.79. The molecule has 1 aliphatic rings. The quantitative estimate of drug-likeness (QED) is 0.929. The summed E-state index contributed by atoms with van der Waals surface area (Å²) in [6.45, 7) is 1.80. The fourth-order valence-electron chi connectivity index (χ4n) is 2.49.